The van der Waals surface area contributed by atoms with Crippen LogP contribution in [0.1, 0.15) is 0 Å². The number of hydrazine groups is 1. The van der Waals surface area contributed by atoms with Crippen molar-refractivity contribution in [3.63, 3.8) is 0 Å². The van der Waals surface area contributed by atoms with Gasteiger partial charge in [0.15, 0.2) is 0 Å². The Morgan fingerprint density at radius 3 is 3.00 bits per heavy atom. The fraction of sp³-hybridized carbons (Fsp3) is 0. The first kappa shape index (κ1) is 6.24. The molecule has 1 radical (unpaired) electrons. The Hall–Kier alpha value is -1.48. The molecule has 3 heteroatoms. The zero-order chi connectivity index (χ0) is 7.68. The summed E-state index contributed by atoms with van der Waals surface area (Å²) in [7, 11) is 0. The highest BCUT2D eigenvalue weighted by Crippen LogP contribution is 2.20. The lowest BCUT2D eigenvalue weighted by atomic mass is 10.2. The van der Waals surface area contributed by atoms with E-state index in [0.717, 1.165) is 16.6 Å². The minimum absolute atomic E-state index is 0.806. The molecule has 0 aliphatic rings. The summed E-state index contributed by atoms with van der Waals surface area (Å²) in [5.74, 6) is 5.26. The highest BCUT2D eigenvalue weighted by Gasteiger charge is 1.98. The molecule has 2 aromatic rings. The van der Waals surface area contributed by atoms with Crippen molar-refractivity contribution in [2.45, 2.75) is 0 Å². The highest BCUT2D eigenvalue weighted by molar-refractivity contribution is 5.91. The number of aromatic amines is 1. The van der Waals surface area contributed by atoms with E-state index in [4.69, 9.17) is 5.84 Å². The van der Waals surface area contributed by atoms with Crippen LogP contribution in [0.25, 0.3) is 10.9 Å². The molecule has 0 fully saturated rings. The zero-order valence-corrected chi connectivity index (χ0v) is 5.89. The minimum Gasteiger partial charge on any atom is -0.351 e. The number of aromatic nitrogens is 1. The summed E-state index contributed by atoms with van der Waals surface area (Å²) < 4.78 is 0. The van der Waals surface area contributed by atoms with Gasteiger partial charge in [-0.15, -0.1) is 0 Å². The standard InChI is InChI=1S/C8H8N3/c9-11-8-5-10-7-4-2-1-3-6(7)8/h1-4,10-11H,9H2. The summed E-state index contributed by atoms with van der Waals surface area (Å²) in [6, 6.07) is 7.89. The molecule has 1 aromatic heterocycles. The molecule has 0 aliphatic heterocycles. The van der Waals surface area contributed by atoms with Crippen LogP contribution in [0.5, 0.6) is 0 Å². The smallest absolute Gasteiger partial charge is 0.0901 e. The van der Waals surface area contributed by atoms with Crippen molar-refractivity contribution in [2.24, 2.45) is 5.84 Å². The van der Waals surface area contributed by atoms with Gasteiger partial charge in [-0.25, -0.2) is 0 Å². The second-order valence-electron chi connectivity index (χ2n) is 2.31. The van der Waals surface area contributed by atoms with E-state index >= 15 is 0 Å². The van der Waals surface area contributed by atoms with Crippen LogP contribution in [0.4, 0.5) is 5.69 Å². The van der Waals surface area contributed by atoms with Gasteiger partial charge in [-0.2, -0.15) is 0 Å². The number of H-pyrrole nitrogens is 1. The van der Waals surface area contributed by atoms with Gasteiger partial charge >= 0.3 is 0 Å². The van der Waals surface area contributed by atoms with Crippen LogP contribution < -0.4 is 11.3 Å². The fourth-order valence-corrected chi connectivity index (χ4v) is 1.12. The van der Waals surface area contributed by atoms with E-state index in [2.05, 4.69) is 16.6 Å². The van der Waals surface area contributed by atoms with Crippen LogP contribution in [0.15, 0.2) is 24.3 Å². The topological polar surface area (TPSA) is 53.8 Å². The van der Waals surface area contributed by atoms with Gasteiger partial charge in [-0.05, 0) is 6.07 Å². The molecule has 0 bridgehead atoms. The SMILES string of the molecule is NNc1[c][nH]c2ccccc12. The molecule has 0 amide bonds. The predicted molar refractivity (Wildman–Crippen MR) is 44.9 cm³/mol. The number of nitrogens with two attached hydrogens (primary N) is 1. The van der Waals surface area contributed by atoms with Crippen molar-refractivity contribution in [1.82, 2.24) is 4.98 Å². The first-order chi connectivity index (χ1) is 5.42. The second kappa shape index (κ2) is 2.29. The molecule has 0 saturated heterocycles. The zero-order valence-electron chi connectivity index (χ0n) is 5.89. The molecule has 11 heavy (non-hydrogen) atoms. The van der Waals surface area contributed by atoms with Crippen LogP contribution in [-0.4, -0.2) is 4.98 Å². The van der Waals surface area contributed by atoms with Crippen LogP contribution in [0, 0.1) is 6.20 Å². The lowest BCUT2D eigenvalue weighted by Gasteiger charge is -1.93. The van der Waals surface area contributed by atoms with Gasteiger partial charge in [0.2, 0.25) is 0 Å². The fourth-order valence-electron chi connectivity index (χ4n) is 1.12. The number of benzene rings is 1. The van der Waals surface area contributed by atoms with Crippen molar-refractivity contribution < 1.29 is 0 Å². The van der Waals surface area contributed by atoms with E-state index in [1.54, 1.807) is 0 Å². The van der Waals surface area contributed by atoms with E-state index < -0.39 is 0 Å². The van der Waals surface area contributed by atoms with Crippen molar-refractivity contribution >= 4 is 16.6 Å². The number of fused-ring (bicyclic) bond motifs is 1. The van der Waals surface area contributed by atoms with Gasteiger partial charge in [-0.3, -0.25) is 5.84 Å². The molecule has 1 heterocycles. The molecular weight excluding hydrogens is 138 g/mol. The molecule has 2 rings (SSSR count). The predicted octanol–water partition coefficient (Wildman–Crippen LogP) is 1.25. The van der Waals surface area contributed by atoms with E-state index in [0.29, 0.717) is 0 Å². The third-order valence-corrected chi connectivity index (χ3v) is 1.66. The Morgan fingerprint density at radius 1 is 1.36 bits per heavy atom. The van der Waals surface area contributed by atoms with E-state index in [1.165, 1.54) is 0 Å². The molecule has 0 spiro atoms. The number of para-hydroxylation sites is 1. The number of nitrogens with one attached hydrogen (secondary N) is 2. The Kier molecular flexibility index (Phi) is 1.30. The quantitative estimate of drug-likeness (QED) is 0.419. The van der Waals surface area contributed by atoms with Crippen LogP contribution in [-0.2, 0) is 0 Å². The Balaban J connectivity index is 2.76. The summed E-state index contributed by atoms with van der Waals surface area (Å²) in [5.41, 5.74) is 4.41. The molecule has 1 aromatic carbocycles. The van der Waals surface area contributed by atoms with E-state index in [1.807, 2.05) is 24.3 Å². The van der Waals surface area contributed by atoms with Crippen LogP contribution >= 0.6 is 0 Å². The van der Waals surface area contributed by atoms with Gasteiger partial charge < -0.3 is 10.4 Å². The first-order valence-electron chi connectivity index (χ1n) is 3.37. The molecular formula is C8H8N3. The molecule has 0 atom stereocenters. The highest BCUT2D eigenvalue weighted by atomic mass is 15.2. The molecule has 0 aliphatic carbocycles. The summed E-state index contributed by atoms with van der Waals surface area (Å²) in [6.07, 6.45) is 2.90. The number of hydrogen-bond acceptors (Lipinski definition) is 2. The van der Waals surface area contributed by atoms with Crippen molar-refractivity contribution in [1.29, 1.82) is 0 Å². The summed E-state index contributed by atoms with van der Waals surface area (Å²) in [4.78, 5) is 2.97. The Labute approximate surface area is 64.2 Å². The van der Waals surface area contributed by atoms with Gasteiger partial charge in [0.25, 0.3) is 0 Å². The Morgan fingerprint density at radius 2 is 2.18 bits per heavy atom. The maximum absolute atomic E-state index is 5.26. The van der Waals surface area contributed by atoms with E-state index in [-0.39, 0.29) is 0 Å². The molecule has 55 valence electrons. The number of hydrogen-bond donors (Lipinski definition) is 3. The largest absolute Gasteiger partial charge is 0.351 e. The normalized spacial score (nSPS) is 10.3. The number of anilines is 1. The monoisotopic (exact) mass is 146 g/mol. The lowest BCUT2D eigenvalue weighted by molar-refractivity contribution is 1.35. The molecule has 4 N–H and O–H groups in total. The maximum Gasteiger partial charge on any atom is 0.0901 e. The maximum atomic E-state index is 5.26. The van der Waals surface area contributed by atoms with Gasteiger partial charge in [0.05, 0.1) is 11.9 Å². The van der Waals surface area contributed by atoms with Crippen LogP contribution in [0.3, 0.4) is 0 Å². The summed E-state index contributed by atoms with van der Waals surface area (Å²) >= 11 is 0. The molecule has 0 unspecified atom stereocenters. The average molecular weight is 146 g/mol. The lowest BCUT2D eigenvalue weighted by Crippen LogP contribution is -2.05. The Bertz CT molecular complexity index is 364. The van der Waals surface area contributed by atoms with Crippen LogP contribution in [0.2, 0.25) is 0 Å². The summed E-state index contributed by atoms with van der Waals surface area (Å²) in [6.45, 7) is 0. The minimum atomic E-state index is 0.806. The number of rotatable bonds is 1. The third kappa shape index (κ3) is 0.860. The molecule has 3 nitrogen and oxygen atoms in total. The van der Waals surface area contributed by atoms with E-state index in [9.17, 15) is 0 Å². The van der Waals surface area contributed by atoms with Gasteiger partial charge in [-0.1, -0.05) is 18.2 Å². The average Bonchev–Trinajstić information content (AvgIpc) is 2.47. The first-order valence-corrected chi connectivity index (χ1v) is 3.37. The molecule has 0 saturated carbocycles. The summed E-state index contributed by atoms with van der Waals surface area (Å²) in [5, 5.41) is 1.06. The number of nitrogen functional groups attached to an aromatic ring is 1. The van der Waals surface area contributed by atoms with Gasteiger partial charge in [0, 0.05) is 10.9 Å². The third-order valence-electron chi connectivity index (χ3n) is 1.66. The van der Waals surface area contributed by atoms with Crippen molar-refractivity contribution in [3.05, 3.63) is 30.5 Å². The van der Waals surface area contributed by atoms with Crippen molar-refractivity contribution in [2.75, 3.05) is 5.43 Å². The second-order valence-corrected chi connectivity index (χ2v) is 2.31. The van der Waals surface area contributed by atoms with Gasteiger partial charge in [0.1, 0.15) is 0 Å². The van der Waals surface area contributed by atoms with Crippen molar-refractivity contribution in [3.8, 4) is 0 Å².